The van der Waals surface area contributed by atoms with E-state index in [2.05, 4.69) is 49.2 Å². The Labute approximate surface area is 152 Å². The maximum atomic E-state index is 13.3. The van der Waals surface area contributed by atoms with Gasteiger partial charge in [0, 0.05) is 16.7 Å². The van der Waals surface area contributed by atoms with Gasteiger partial charge in [-0.2, -0.15) is 0 Å². The minimum atomic E-state index is -0.252. The molecule has 4 aromatic rings. The van der Waals surface area contributed by atoms with Crippen molar-refractivity contribution in [3.63, 3.8) is 0 Å². The third-order valence-electron chi connectivity index (χ3n) is 4.66. The molecule has 0 aliphatic carbocycles. The van der Waals surface area contributed by atoms with Crippen molar-refractivity contribution in [1.82, 2.24) is 9.97 Å². The van der Waals surface area contributed by atoms with Crippen molar-refractivity contribution in [3.8, 4) is 33.9 Å². The summed E-state index contributed by atoms with van der Waals surface area (Å²) in [5, 5.41) is 0. The number of hydrogen-bond acceptors (Lipinski definition) is 1. The van der Waals surface area contributed by atoms with E-state index in [1.165, 1.54) is 23.3 Å². The van der Waals surface area contributed by atoms with Gasteiger partial charge in [0.1, 0.15) is 11.6 Å². The minimum absolute atomic E-state index is 0.252. The fourth-order valence-electron chi connectivity index (χ4n) is 3.03. The number of imidazole rings is 1. The Morgan fingerprint density at radius 2 is 1.42 bits per heavy atom. The van der Waals surface area contributed by atoms with Gasteiger partial charge in [0.15, 0.2) is 0 Å². The van der Waals surface area contributed by atoms with Gasteiger partial charge >= 0.3 is 0 Å². The van der Waals surface area contributed by atoms with E-state index in [-0.39, 0.29) is 5.82 Å². The highest BCUT2D eigenvalue weighted by Crippen LogP contribution is 2.33. The summed E-state index contributed by atoms with van der Waals surface area (Å²) in [5.74, 6) is 0.482. The van der Waals surface area contributed by atoms with Crippen LogP contribution >= 0.6 is 0 Å². The first kappa shape index (κ1) is 16.3. The van der Waals surface area contributed by atoms with Gasteiger partial charge in [0.2, 0.25) is 0 Å². The van der Waals surface area contributed by atoms with E-state index in [9.17, 15) is 4.39 Å². The summed E-state index contributed by atoms with van der Waals surface area (Å²) >= 11 is 0. The molecule has 0 aliphatic heterocycles. The highest BCUT2D eigenvalue weighted by molar-refractivity contribution is 5.81. The number of hydrogen-bond donors (Lipinski definition) is 1. The second-order valence-electron chi connectivity index (χ2n) is 6.48. The summed E-state index contributed by atoms with van der Waals surface area (Å²) in [6, 6.07) is 22.9. The molecule has 3 heteroatoms. The summed E-state index contributed by atoms with van der Waals surface area (Å²) in [4.78, 5) is 8.28. The number of nitrogens with one attached hydrogen (secondary N) is 1. The quantitative estimate of drug-likeness (QED) is 0.474. The second-order valence-corrected chi connectivity index (χ2v) is 6.48. The van der Waals surface area contributed by atoms with Crippen molar-refractivity contribution in [2.24, 2.45) is 0 Å². The SMILES string of the molecule is Cc1ccc(-c2nc(-c3ccc(F)cc3)[nH]c2-c2ccccc2)cc1C. The van der Waals surface area contributed by atoms with E-state index in [0.29, 0.717) is 0 Å². The third-order valence-corrected chi connectivity index (χ3v) is 4.66. The molecule has 0 atom stereocenters. The molecule has 0 amide bonds. The molecule has 0 unspecified atom stereocenters. The average molecular weight is 342 g/mol. The van der Waals surface area contributed by atoms with Crippen LogP contribution in [0.5, 0.6) is 0 Å². The van der Waals surface area contributed by atoms with Crippen molar-refractivity contribution in [1.29, 1.82) is 0 Å². The number of aromatic amines is 1. The first-order valence-corrected chi connectivity index (χ1v) is 8.61. The Hall–Kier alpha value is -3.20. The van der Waals surface area contributed by atoms with Crippen LogP contribution in [0.3, 0.4) is 0 Å². The van der Waals surface area contributed by atoms with E-state index < -0.39 is 0 Å². The molecule has 0 bridgehead atoms. The number of nitrogens with zero attached hydrogens (tertiary/aromatic N) is 1. The van der Waals surface area contributed by atoms with Crippen molar-refractivity contribution in [3.05, 3.63) is 89.7 Å². The molecule has 0 saturated carbocycles. The summed E-state index contributed by atoms with van der Waals surface area (Å²) in [7, 11) is 0. The van der Waals surface area contributed by atoms with Crippen molar-refractivity contribution < 1.29 is 4.39 Å². The van der Waals surface area contributed by atoms with Crippen LogP contribution in [0.1, 0.15) is 11.1 Å². The minimum Gasteiger partial charge on any atom is -0.337 e. The molecule has 4 rings (SSSR count). The normalized spacial score (nSPS) is 10.9. The van der Waals surface area contributed by atoms with Crippen LogP contribution < -0.4 is 0 Å². The van der Waals surface area contributed by atoms with Gasteiger partial charge in [-0.05, 0) is 55.3 Å². The lowest BCUT2D eigenvalue weighted by molar-refractivity contribution is 0.628. The van der Waals surface area contributed by atoms with Crippen LogP contribution in [0.15, 0.2) is 72.8 Å². The number of rotatable bonds is 3. The Kier molecular flexibility index (Phi) is 4.13. The molecule has 2 nitrogen and oxygen atoms in total. The van der Waals surface area contributed by atoms with Crippen LogP contribution in [-0.4, -0.2) is 9.97 Å². The number of halogens is 1. The highest BCUT2D eigenvalue weighted by Gasteiger charge is 2.15. The molecule has 0 spiro atoms. The number of aryl methyl sites for hydroxylation is 2. The zero-order valence-electron chi connectivity index (χ0n) is 14.8. The van der Waals surface area contributed by atoms with Crippen LogP contribution in [0.25, 0.3) is 33.9 Å². The molecular weight excluding hydrogens is 323 g/mol. The van der Waals surface area contributed by atoms with E-state index in [4.69, 9.17) is 4.98 Å². The maximum absolute atomic E-state index is 13.3. The first-order valence-electron chi connectivity index (χ1n) is 8.61. The maximum Gasteiger partial charge on any atom is 0.138 e. The van der Waals surface area contributed by atoms with E-state index in [0.717, 1.165) is 33.9 Å². The number of H-pyrrole nitrogens is 1. The average Bonchev–Trinajstić information content (AvgIpc) is 3.11. The van der Waals surface area contributed by atoms with Crippen LogP contribution in [0.2, 0.25) is 0 Å². The van der Waals surface area contributed by atoms with Crippen molar-refractivity contribution >= 4 is 0 Å². The lowest BCUT2D eigenvalue weighted by atomic mass is 10.0. The van der Waals surface area contributed by atoms with E-state index in [1.54, 1.807) is 12.1 Å². The Morgan fingerprint density at radius 1 is 0.731 bits per heavy atom. The molecule has 1 aromatic heterocycles. The summed E-state index contributed by atoms with van der Waals surface area (Å²) < 4.78 is 13.3. The predicted molar refractivity (Wildman–Crippen MR) is 104 cm³/mol. The summed E-state index contributed by atoms with van der Waals surface area (Å²) in [6.07, 6.45) is 0. The van der Waals surface area contributed by atoms with Gasteiger partial charge in [-0.3, -0.25) is 0 Å². The Bertz CT molecular complexity index is 1050. The molecule has 0 aliphatic rings. The smallest absolute Gasteiger partial charge is 0.138 e. The topological polar surface area (TPSA) is 28.7 Å². The molecule has 0 fully saturated rings. The summed E-state index contributed by atoms with van der Waals surface area (Å²) in [5.41, 5.74) is 7.35. The molecule has 0 radical (unpaired) electrons. The molecule has 1 N–H and O–H groups in total. The Balaban J connectivity index is 1.90. The number of aromatic nitrogens is 2. The monoisotopic (exact) mass is 342 g/mol. The van der Waals surface area contributed by atoms with Gasteiger partial charge < -0.3 is 4.98 Å². The lowest BCUT2D eigenvalue weighted by Crippen LogP contribution is -1.87. The predicted octanol–water partition coefficient (Wildman–Crippen LogP) is 6.17. The van der Waals surface area contributed by atoms with Crippen LogP contribution in [0, 0.1) is 19.7 Å². The van der Waals surface area contributed by atoms with Gasteiger partial charge in [0.25, 0.3) is 0 Å². The fourth-order valence-corrected chi connectivity index (χ4v) is 3.03. The first-order chi connectivity index (χ1) is 12.6. The standard InChI is InChI=1S/C23H19FN2/c1-15-8-9-19(14-16(15)2)22-21(17-6-4-3-5-7-17)25-23(26-22)18-10-12-20(24)13-11-18/h3-14H,1-2H3,(H,25,26). The molecule has 26 heavy (non-hydrogen) atoms. The fraction of sp³-hybridized carbons (Fsp3) is 0.0870. The van der Waals surface area contributed by atoms with Crippen molar-refractivity contribution in [2.75, 3.05) is 0 Å². The molecule has 128 valence electrons. The lowest BCUT2D eigenvalue weighted by Gasteiger charge is -2.06. The van der Waals surface area contributed by atoms with Gasteiger partial charge in [-0.25, -0.2) is 9.37 Å². The van der Waals surface area contributed by atoms with Crippen LogP contribution in [-0.2, 0) is 0 Å². The van der Waals surface area contributed by atoms with E-state index in [1.807, 2.05) is 18.2 Å². The van der Waals surface area contributed by atoms with Crippen molar-refractivity contribution in [2.45, 2.75) is 13.8 Å². The van der Waals surface area contributed by atoms with Crippen LogP contribution in [0.4, 0.5) is 4.39 Å². The molecule has 1 heterocycles. The zero-order valence-corrected chi connectivity index (χ0v) is 14.8. The third kappa shape index (κ3) is 3.04. The summed E-state index contributed by atoms with van der Waals surface area (Å²) in [6.45, 7) is 4.21. The van der Waals surface area contributed by atoms with Gasteiger partial charge in [0.05, 0.1) is 11.4 Å². The van der Waals surface area contributed by atoms with Gasteiger partial charge in [-0.1, -0.05) is 42.5 Å². The zero-order chi connectivity index (χ0) is 18.1. The van der Waals surface area contributed by atoms with Gasteiger partial charge in [-0.15, -0.1) is 0 Å². The van der Waals surface area contributed by atoms with E-state index >= 15 is 0 Å². The number of benzene rings is 3. The molecular formula is C23H19FN2. The highest BCUT2D eigenvalue weighted by atomic mass is 19.1. The Morgan fingerprint density at radius 3 is 2.12 bits per heavy atom. The largest absolute Gasteiger partial charge is 0.337 e. The molecule has 0 saturated heterocycles. The second kappa shape index (κ2) is 6.60. The molecule has 3 aromatic carbocycles.